The van der Waals surface area contributed by atoms with Gasteiger partial charge in [-0.25, -0.2) is 0 Å². The van der Waals surface area contributed by atoms with Crippen LogP contribution in [-0.4, -0.2) is 25.3 Å². The van der Waals surface area contributed by atoms with E-state index in [0.717, 1.165) is 22.4 Å². The zero-order valence-corrected chi connectivity index (χ0v) is 10.7. The van der Waals surface area contributed by atoms with Crippen molar-refractivity contribution in [2.75, 3.05) is 0 Å². The number of aromatic nitrogens is 4. The molecule has 1 aromatic carbocycles. The van der Waals surface area contributed by atoms with E-state index in [1.807, 2.05) is 26.0 Å². The number of rotatable bonds is 4. The molecule has 0 radical (unpaired) electrons. The Labute approximate surface area is 105 Å². The average molecular weight is 248 g/mol. The Morgan fingerprint density at radius 2 is 1.94 bits per heavy atom. The molecule has 1 aromatic heterocycles. The van der Waals surface area contributed by atoms with Crippen LogP contribution in [-0.2, 0) is 20.3 Å². The van der Waals surface area contributed by atoms with Crippen LogP contribution in [0.3, 0.4) is 0 Å². The number of ether oxygens (including phenoxy) is 1. The van der Waals surface area contributed by atoms with Crippen molar-refractivity contribution in [2.45, 2.75) is 27.1 Å². The summed E-state index contributed by atoms with van der Waals surface area (Å²) in [5.41, 5.74) is 2.86. The lowest BCUT2D eigenvalue weighted by atomic mass is 10.1. The van der Waals surface area contributed by atoms with Crippen molar-refractivity contribution < 1.29 is 9.84 Å². The summed E-state index contributed by atoms with van der Waals surface area (Å²) in [4.78, 5) is 1.40. The summed E-state index contributed by atoms with van der Waals surface area (Å²) in [6.45, 7) is 4.22. The molecule has 96 valence electrons. The van der Waals surface area contributed by atoms with Gasteiger partial charge in [-0.3, -0.25) is 0 Å². The number of hydrogen-bond acceptors (Lipinski definition) is 5. The molecule has 0 spiro atoms. The van der Waals surface area contributed by atoms with Crippen molar-refractivity contribution in [2.24, 2.45) is 7.05 Å². The van der Waals surface area contributed by atoms with Gasteiger partial charge >= 0.3 is 0 Å². The van der Waals surface area contributed by atoms with Gasteiger partial charge in [-0.15, -0.1) is 10.2 Å². The minimum Gasteiger partial charge on any atom is -0.485 e. The van der Waals surface area contributed by atoms with E-state index in [9.17, 15) is 0 Å². The smallest absolute Gasteiger partial charge is 0.212 e. The second kappa shape index (κ2) is 5.14. The van der Waals surface area contributed by atoms with Gasteiger partial charge in [-0.1, -0.05) is 12.1 Å². The van der Waals surface area contributed by atoms with Gasteiger partial charge in [0, 0.05) is 0 Å². The molecule has 6 nitrogen and oxygen atoms in total. The number of benzene rings is 1. The monoisotopic (exact) mass is 248 g/mol. The van der Waals surface area contributed by atoms with E-state index in [1.54, 1.807) is 7.05 Å². The van der Waals surface area contributed by atoms with Crippen molar-refractivity contribution in [1.29, 1.82) is 0 Å². The van der Waals surface area contributed by atoms with Crippen molar-refractivity contribution >= 4 is 0 Å². The fourth-order valence-electron chi connectivity index (χ4n) is 1.88. The Bertz CT molecular complexity index is 528. The number of aliphatic hydroxyl groups excluding tert-OH is 1. The molecule has 18 heavy (non-hydrogen) atoms. The quantitative estimate of drug-likeness (QED) is 0.870. The molecular formula is C12H16N4O2. The van der Waals surface area contributed by atoms with Crippen LogP contribution >= 0.6 is 0 Å². The van der Waals surface area contributed by atoms with Crippen LogP contribution in [0.1, 0.15) is 22.5 Å². The minimum atomic E-state index is 0.0354. The van der Waals surface area contributed by atoms with E-state index in [1.165, 1.54) is 4.80 Å². The molecule has 1 heterocycles. The molecule has 0 unspecified atom stereocenters. The van der Waals surface area contributed by atoms with Crippen LogP contribution in [0.4, 0.5) is 0 Å². The summed E-state index contributed by atoms with van der Waals surface area (Å²) in [6, 6.07) is 3.82. The van der Waals surface area contributed by atoms with Crippen molar-refractivity contribution in [3.63, 3.8) is 0 Å². The van der Waals surface area contributed by atoms with E-state index in [2.05, 4.69) is 15.4 Å². The van der Waals surface area contributed by atoms with Crippen LogP contribution in [0.5, 0.6) is 5.75 Å². The topological polar surface area (TPSA) is 73.1 Å². The number of aliphatic hydroxyl groups is 1. The van der Waals surface area contributed by atoms with E-state index in [4.69, 9.17) is 9.84 Å². The molecule has 0 aliphatic carbocycles. The highest BCUT2D eigenvalue weighted by Crippen LogP contribution is 2.25. The predicted molar refractivity (Wildman–Crippen MR) is 65.0 cm³/mol. The van der Waals surface area contributed by atoms with E-state index >= 15 is 0 Å². The maximum absolute atomic E-state index is 9.12. The lowest BCUT2D eigenvalue weighted by Gasteiger charge is -2.12. The third kappa shape index (κ3) is 2.65. The lowest BCUT2D eigenvalue weighted by Crippen LogP contribution is -2.02. The fourth-order valence-corrected chi connectivity index (χ4v) is 1.88. The van der Waals surface area contributed by atoms with Gasteiger partial charge < -0.3 is 9.84 Å². The van der Waals surface area contributed by atoms with E-state index in [-0.39, 0.29) is 13.2 Å². The molecule has 2 rings (SSSR count). The fraction of sp³-hybridized carbons (Fsp3) is 0.417. The predicted octanol–water partition coefficient (Wildman–Crippen LogP) is 0.898. The van der Waals surface area contributed by atoms with Gasteiger partial charge in [-0.2, -0.15) is 4.80 Å². The van der Waals surface area contributed by atoms with Crippen LogP contribution in [0.2, 0.25) is 0 Å². The van der Waals surface area contributed by atoms with Crippen LogP contribution in [0.25, 0.3) is 0 Å². The maximum atomic E-state index is 9.12. The summed E-state index contributed by atoms with van der Waals surface area (Å²) in [7, 11) is 1.71. The molecule has 0 amide bonds. The summed E-state index contributed by atoms with van der Waals surface area (Å²) in [5.74, 6) is 1.35. The Morgan fingerprint density at radius 1 is 1.28 bits per heavy atom. The van der Waals surface area contributed by atoms with E-state index < -0.39 is 0 Å². The normalized spacial score (nSPS) is 10.7. The molecule has 0 atom stereocenters. The molecule has 0 aliphatic rings. The highest BCUT2D eigenvalue weighted by molar-refractivity contribution is 5.43. The third-order valence-corrected chi connectivity index (χ3v) is 2.60. The largest absolute Gasteiger partial charge is 0.485 e. The Balaban J connectivity index is 2.14. The standard InChI is InChI=1S/C12H16N4O2/c1-8-4-10(6-17)5-9(2)12(8)18-7-11-13-15-16(3)14-11/h4-5,17H,6-7H2,1-3H3. The van der Waals surface area contributed by atoms with Gasteiger partial charge in [0.15, 0.2) is 6.61 Å². The minimum absolute atomic E-state index is 0.0354. The summed E-state index contributed by atoms with van der Waals surface area (Å²) < 4.78 is 5.71. The molecule has 1 N–H and O–H groups in total. The highest BCUT2D eigenvalue weighted by Gasteiger charge is 2.08. The van der Waals surface area contributed by atoms with Crippen molar-refractivity contribution in [3.05, 3.63) is 34.6 Å². The summed E-state index contributed by atoms with van der Waals surface area (Å²) >= 11 is 0. The Kier molecular flexibility index (Phi) is 3.57. The molecule has 0 saturated heterocycles. The number of nitrogens with zero attached hydrogens (tertiary/aromatic N) is 4. The van der Waals surface area contributed by atoms with Crippen LogP contribution < -0.4 is 4.74 Å². The summed E-state index contributed by atoms with van der Waals surface area (Å²) in [5, 5.41) is 20.8. The zero-order valence-electron chi connectivity index (χ0n) is 10.7. The third-order valence-electron chi connectivity index (χ3n) is 2.60. The molecule has 0 saturated carbocycles. The number of tetrazole rings is 1. The number of aryl methyl sites for hydroxylation is 3. The lowest BCUT2D eigenvalue weighted by molar-refractivity contribution is 0.278. The van der Waals surface area contributed by atoms with Gasteiger partial charge in [-0.05, 0) is 35.8 Å². The Morgan fingerprint density at radius 3 is 2.44 bits per heavy atom. The molecular weight excluding hydrogens is 232 g/mol. The highest BCUT2D eigenvalue weighted by atomic mass is 16.5. The second-order valence-corrected chi connectivity index (χ2v) is 4.20. The molecule has 0 fully saturated rings. The van der Waals surface area contributed by atoms with Crippen LogP contribution in [0, 0.1) is 13.8 Å². The van der Waals surface area contributed by atoms with Crippen molar-refractivity contribution in [1.82, 2.24) is 20.2 Å². The molecule has 2 aromatic rings. The van der Waals surface area contributed by atoms with Gasteiger partial charge in [0.05, 0.1) is 13.7 Å². The summed E-state index contributed by atoms with van der Waals surface area (Å²) in [6.07, 6.45) is 0. The molecule has 0 aliphatic heterocycles. The first-order valence-electron chi connectivity index (χ1n) is 5.67. The first kappa shape index (κ1) is 12.5. The van der Waals surface area contributed by atoms with Gasteiger partial charge in [0.1, 0.15) is 5.75 Å². The van der Waals surface area contributed by atoms with Gasteiger partial charge in [0.2, 0.25) is 5.82 Å². The zero-order chi connectivity index (χ0) is 13.1. The number of hydrogen-bond donors (Lipinski definition) is 1. The first-order valence-corrected chi connectivity index (χ1v) is 5.67. The van der Waals surface area contributed by atoms with Crippen LogP contribution in [0.15, 0.2) is 12.1 Å². The average Bonchev–Trinajstić information content (AvgIpc) is 2.73. The maximum Gasteiger partial charge on any atom is 0.212 e. The first-order chi connectivity index (χ1) is 8.60. The molecule has 6 heteroatoms. The van der Waals surface area contributed by atoms with Gasteiger partial charge in [0.25, 0.3) is 0 Å². The second-order valence-electron chi connectivity index (χ2n) is 4.20. The SMILES string of the molecule is Cc1cc(CO)cc(C)c1OCc1nnn(C)n1. The Hall–Kier alpha value is -1.95. The van der Waals surface area contributed by atoms with Crippen molar-refractivity contribution in [3.8, 4) is 5.75 Å². The molecule has 0 bridgehead atoms. The van der Waals surface area contributed by atoms with E-state index in [0.29, 0.717) is 5.82 Å².